The molecule has 29 heavy (non-hydrogen) atoms. The average Bonchev–Trinajstić information content (AvgIpc) is 2.74. The van der Waals surface area contributed by atoms with Gasteiger partial charge in [-0.25, -0.2) is 0 Å². The SMILES string of the molecule is COc1cc(OCC(=O)Nc2ccc(Nc3ccccc3)cc2)ccc1[N+](=O)[O-]. The molecule has 2 N–H and O–H groups in total. The molecule has 8 heteroatoms. The van der Waals surface area contributed by atoms with Gasteiger partial charge in [0.1, 0.15) is 5.75 Å². The molecule has 0 radical (unpaired) electrons. The highest BCUT2D eigenvalue weighted by Gasteiger charge is 2.15. The molecule has 3 aromatic carbocycles. The van der Waals surface area contributed by atoms with E-state index in [-0.39, 0.29) is 24.0 Å². The molecule has 0 saturated heterocycles. The van der Waals surface area contributed by atoms with Crippen LogP contribution in [0.3, 0.4) is 0 Å². The van der Waals surface area contributed by atoms with Gasteiger partial charge in [0, 0.05) is 29.2 Å². The number of carbonyl (C=O) groups is 1. The first kappa shape index (κ1) is 19.7. The molecular formula is C21H19N3O5. The van der Waals surface area contributed by atoms with Crippen molar-refractivity contribution >= 4 is 28.7 Å². The van der Waals surface area contributed by atoms with Crippen LogP contribution in [0.2, 0.25) is 0 Å². The summed E-state index contributed by atoms with van der Waals surface area (Å²) in [6, 6.07) is 21.1. The number of carbonyl (C=O) groups excluding carboxylic acids is 1. The van der Waals surface area contributed by atoms with E-state index in [1.54, 1.807) is 12.1 Å². The van der Waals surface area contributed by atoms with Gasteiger partial charge in [-0.2, -0.15) is 0 Å². The smallest absolute Gasteiger partial charge is 0.311 e. The van der Waals surface area contributed by atoms with Crippen molar-refractivity contribution in [3.8, 4) is 11.5 Å². The topological polar surface area (TPSA) is 103 Å². The zero-order valence-corrected chi connectivity index (χ0v) is 15.6. The largest absolute Gasteiger partial charge is 0.490 e. The predicted octanol–water partition coefficient (Wildman–Crippen LogP) is 4.36. The molecule has 0 unspecified atom stereocenters. The Bertz CT molecular complexity index is 991. The van der Waals surface area contributed by atoms with E-state index in [0.29, 0.717) is 11.4 Å². The number of rotatable bonds is 8. The third-order valence-electron chi connectivity index (χ3n) is 3.95. The summed E-state index contributed by atoms with van der Waals surface area (Å²) < 4.78 is 10.4. The summed E-state index contributed by atoms with van der Waals surface area (Å²) in [5.74, 6) is 0.00510. The van der Waals surface area contributed by atoms with Gasteiger partial charge in [-0.05, 0) is 42.5 Å². The number of hydrogen-bond donors (Lipinski definition) is 2. The number of para-hydroxylation sites is 1. The third kappa shape index (κ3) is 5.46. The van der Waals surface area contributed by atoms with E-state index in [2.05, 4.69) is 10.6 Å². The minimum absolute atomic E-state index is 0.0643. The first-order valence-electron chi connectivity index (χ1n) is 8.72. The van der Waals surface area contributed by atoms with E-state index in [0.717, 1.165) is 11.4 Å². The summed E-state index contributed by atoms with van der Waals surface area (Å²) >= 11 is 0. The minimum atomic E-state index is -0.550. The Kier molecular flexibility index (Phi) is 6.26. The lowest BCUT2D eigenvalue weighted by Crippen LogP contribution is -2.20. The number of nitro groups is 1. The summed E-state index contributed by atoms with van der Waals surface area (Å²) in [5, 5.41) is 16.9. The molecule has 0 aliphatic rings. The molecule has 1 amide bonds. The van der Waals surface area contributed by atoms with Crippen LogP contribution < -0.4 is 20.1 Å². The zero-order valence-electron chi connectivity index (χ0n) is 15.6. The minimum Gasteiger partial charge on any atom is -0.490 e. The van der Waals surface area contributed by atoms with Gasteiger partial charge in [-0.15, -0.1) is 0 Å². The second kappa shape index (κ2) is 9.23. The van der Waals surface area contributed by atoms with E-state index in [9.17, 15) is 14.9 Å². The van der Waals surface area contributed by atoms with Gasteiger partial charge in [-0.3, -0.25) is 14.9 Å². The van der Waals surface area contributed by atoms with Gasteiger partial charge in [0.2, 0.25) is 5.75 Å². The Labute approximate surface area is 167 Å². The Morgan fingerprint density at radius 1 is 0.966 bits per heavy atom. The summed E-state index contributed by atoms with van der Waals surface area (Å²) in [5.41, 5.74) is 2.31. The number of benzene rings is 3. The third-order valence-corrected chi connectivity index (χ3v) is 3.95. The molecule has 0 spiro atoms. The fraction of sp³-hybridized carbons (Fsp3) is 0.0952. The van der Waals surface area contributed by atoms with Crippen LogP contribution in [0.1, 0.15) is 0 Å². The standard InChI is InChI=1S/C21H19N3O5/c1-28-20-13-18(11-12-19(20)24(26)27)29-14-21(25)23-17-9-7-16(8-10-17)22-15-5-3-2-4-6-15/h2-13,22H,14H2,1H3,(H,23,25). The molecule has 8 nitrogen and oxygen atoms in total. The van der Waals surface area contributed by atoms with Crippen molar-refractivity contribution in [1.82, 2.24) is 0 Å². The molecular weight excluding hydrogens is 374 g/mol. The van der Waals surface area contributed by atoms with Crippen LogP contribution in [0.15, 0.2) is 72.8 Å². The number of nitrogens with one attached hydrogen (secondary N) is 2. The Balaban J connectivity index is 1.53. The van der Waals surface area contributed by atoms with Crippen LogP contribution in [0, 0.1) is 10.1 Å². The number of amides is 1. The molecule has 148 valence electrons. The van der Waals surface area contributed by atoms with Crippen LogP contribution in [0.5, 0.6) is 11.5 Å². The highest BCUT2D eigenvalue weighted by molar-refractivity contribution is 5.92. The number of methoxy groups -OCH3 is 1. The lowest BCUT2D eigenvalue weighted by atomic mass is 10.2. The molecule has 0 heterocycles. The van der Waals surface area contributed by atoms with E-state index in [1.165, 1.54) is 25.3 Å². The maximum Gasteiger partial charge on any atom is 0.311 e. The van der Waals surface area contributed by atoms with Crippen molar-refractivity contribution in [3.05, 3.63) is 82.9 Å². The van der Waals surface area contributed by atoms with Crippen LogP contribution in [-0.4, -0.2) is 24.5 Å². The molecule has 0 aliphatic heterocycles. The predicted molar refractivity (Wildman–Crippen MR) is 110 cm³/mol. The van der Waals surface area contributed by atoms with Gasteiger partial charge in [-0.1, -0.05) is 18.2 Å². The molecule has 0 aromatic heterocycles. The normalized spacial score (nSPS) is 10.1. The first-order chi connectivity index (χ1) is 14.0. The second-order valence-corrected chi connectivity index (χ2v) is 6.00. The summed E-state index contributed by atoms with van der Waals surface area (Å²) in [6.45, 7) is -0.245. The van der Waals surface area contributed by atoms with Crippen LogP contribution in [0.25, 0.3) is 0 Å². The quantitative estimate of drug-likeness (QED) is 0.435. The first-order valence-corrected chi connectivity index (χ1v) is 8.72. The van der Waals surface area contributed by atoms with Gasteiger partial charge < -0.3 is 20.1 Å². The summed E-state index contributed by atoms with van der Waals surface area (Å²) in [6.07, 6.45) is 0. The second-order valence-electron chi connectivity index (χ2n) is 6.00. The van der Waals surface area contributed by atoms with E-state index in [1.807, 2.05) is 42.5 Å². The average molecular weight is 393 g/mol. The van der Waals surface area contributed by atoms with E-state index >= 15 is 0 Å². The number of hydrogen-bond acceptors (Lipinski definition) is 6. The molecule has 3 rings (SSSR count). The number of nitrogens with zero attached hydrogens (tertiary/aromatic N) is 1. The van der Waals surface area contributed by atoms with Crippen LogP contribution in [0.4, 0.5) is 22.7 Å². The monoisotopic (exact) mass is 393 g/mol. The Morgan fingerprint density at radius 3 is 2.28 bits per heavy atom. The molecule has 3 aromatic rings. The van der Waals surface area contributed by atoms with Crippen molar-refractivity contribution in [1.29, 1.82) is 0 Å². The van der Waals surface area contributed by atoms with Crippen LogP contribution in [-0.2, 0) is 4.79 Å². The summed E-state index contributed by atoms with van der Waals surface area (Å²) in [4.78, 5) is 22.5. The lowest BCUT2D eigenvalue weighted by molar-refractivity contribution is -0.385. The molecule has 0 saturated carbocycles. The molecule has 0 aliphatic carbocycles. The van der Waals surface area contributed by atoms with Crippen molar-refractivity contribution in [2.45, 2.75) is 0 Å². The fourth-order valence-electron chi connectivity index (χ4n) is 2.57. The molecule has 0 bridgehead atoms. The van der Waals surface area contributed by atoms with Gasteiger partial charge in [0.05, 0.1) is 12.0 Å². The van der Waals surface area contributed by atoms with Gasteiger partial charge in [0.25, 0.3) is 5.91 Å². The highest BCUT2D eigenvalue weighted by atomic mass is 16.6. The Hall–Kier alpha value is -4.07. The number of nitro benzene ring substituents is 1. The van der Waals surface area contributed by atoms with Crippen LogP contribution >= 0.6 is 0 Å². The van der Waals surface area contributed by atoms with Crippen molar-refractivity contribution < 1.29 is 19.2 Å². The Morgan fingerprint density at radius 2 is 1.62 bits per heavy atom. The maximum atomic E-state index is 12.1. The van der Waals surface area contributed by atoms with E-state index < -0.39 is 4.92 Å². The number of ether oxygens (including phenoxy) is 2. The highest BCUT2D eigenvalue weighted by Crippen LogP contribution is 2.30. The van der Waals surface area contributed by atoms with Crippen molar-refractivity contribution in [2.24, 2.45) is 0 Å². The van der Waals surface area contributed by atoms with Crippen molar-refractivity contribution in [2.75, 3.05) is 24.4 Å². The lowest BCUT2D eigenvalue weighted by Gasteiger charge is -2.10. The zero-order chi connectivity index (χ0) is 20.6. The molecule has 0 fully saturated rings. The fourth-order valence-corrected chi connectivity index (χ4v) is 2.57. The number of anilines is 3. The summed E-state index contributed by atoms with van der Waals surface area (Å²) in [7, 11) is 1.33. The maximum absolute atomic E-state index is 12.1. The van der Waals surface area contributed by atoms with Gasteiger partial charge in [0.15, 0.2) is 6.61 Å². The van der Waals surface area contributed by atoms with Gasteiger partial charge >= 0.3 is 5.69 Å². The van der Waals surface area contributed by atoms with Crippen molar-refractivity contribution in [3.63, 3.8) is 0 Å². The van der Waals surface area contributed by atoms with E-state index in [4.69, 9.17) is 9.47 Å². The molecule has 0 atom stereocenters.